The molecular formula is C15H20N2O. The molecule has 1 aliphatic rings. The van der Waals surface area contributed by atoms with Crippen molar-refractivity contribution in [1.29, 1.82) is 0 Å². The van der Waals surface area contributed by atoms with Gasteiger partial charge < -0.3 is 0 Å². The Balaban J connectivity index is 1.97. The second kappa shape index (κ2) is 6.36. The van der Waals surface area contributed by atoms with Gasteiger partial charge >= 0.3 is 0 Å². The zero-order chi connectivity index (χ0) is 12.8. The SMILES string of the molecule is CCCCCc1ccc(/C=C2\CNNC2=O)cc1. The molecule has 96 valence electrons. The Morgan fingerprint density at radius 2 is 2.00 bits per heavy atom. The summed E-state index contributed by atoms with van der Waals surface area (Å²) >= 11 is 0. The topological polar surface area (TPSA) is 41.1 Å². The van der Waals surface area contributed by atoms with Crippen molar-refractivity contribution in [3.05, 3.63) is 41.0 Å². The van der Waals surface area contributed by atoms with Gasteiger partial charge in [-0.05, 0) is 30.0 Å². The maximum atomic E-state index is 11.4. The standard InChI is InChI=1S/C15H20N2O/c1-2-3-4-5-12-6-8-13(9-7-12)10-14-11-16-17-15(14)18/h6-10,16H,2-5,11H2,1H3,(H,17,18)/b14-10+. The van der Waals surface area contributed by atoms with Crippen LogP contribution in [0.15, 0.2) is 29.8 Å². The molecule has 0 atom stereocenters. The average Bonchev–Trinajstić information content (AvgIpc) is 2.78. The third-order valence-electron chi connectivity index (χ3n) is 3.16. The largest absolute Gasteiger partial charge is 0.287 e. The molecule has 1 aliphatic heterocycles. The number of nitrogens with one attached hydrogen (secondary N) is 2. The lowest BCUT2D eigenvalue weighted by molar-refractivity contribution is -0.116. The Hall–Kier alpha value is -1.61. The van der Waals surface area contributed by atoms with Gasteiger partial charge in [-0.3, -0.25) is 10.2 Å². The van der Waals surface area contributed by atoms with E-state index in [2.05, 4.69) is 42.0 Å². The van der Waals surface area contributed by atoms with Crippen LogP contribution in [0, 0.1) is 0 Å². The van der Waals surface area contributed by atoms with Crippen LogP contribution in [0.3, 0.4) is 0 Å². The number of benzene rings is 1. The Morgan fingerprint density at radius 3 is 2.61 bits per heavy atom. The second-order valence-electron chi connectivity index (χ2n) is 4.68. The molecule has 0 aliphatic carbocycles. The van der Waals surface area contributed by atoms with E-state index in [-0.39, 0.29) is 5.91 Å². The normalized spacial score (nSPS) is 17.2. The quantitative estimate of drug-likeness (QED) is 0.617. The zero-order valence-corrected chi connectivity index (χ0v) is 10.8. The molecule has 0 radical (unpaired) electrons. The van der Waals surface area contributed by atoms with Crippen molar-refractivity contribution in [3.63, 3.8) is 0 Å². The lowest BCUT2D eigenvalue weighted by Gasteiger charge is -2.01. The molecule has 3 heteroatoms. The summed E-state index contributed by atoms with van der Waals surface area (Å²) in [6.45, 7) is 2.81. The van der Waals surface area contributed by atoms with Crippen LogP contribution >= 0.6 is 0 Å². The highest BCUT2D eigenvalue weighted by atomic mass is 16.2. The van der Waals surface area contributed by atoms with Crippen LogP contribution in [0.1, 0.15) is 37.3 Å². The Labute approximate surface area is 108 Å². The van der Waals surface area contributed by atoms with Crippen molar-refractivity contribution < 1.29 is 4.79 Å². The number of carbonyl (C=O) groups excluding carboxylic acids is 1. The molecule has 1 fully saturated rings. The summed E-state index contributed by atoms with van der Waals surface area (Å²) in [5.74, 6) is -0.0259. The number of hydrogen-bond acceptors (Lipinski definition) is 2. The van der Waals surface area contributed by atoms with Crippen LogP contribution in [-0.4, -0.2) is 12.5 Å². The minimum atomic E-state index is -0.0259. The minimum Gasteiger partial charge on any atom is -0.287 e. The number of unbranched alkanes of at least 4 members (excludes halogenated alkanes) is 2. The van der Waals surface area contributed by atoms with Crippen molar-refractivity contribution >= 4 is 12.0 Å². The van der Waals surface area contributed by atoms with Gasteiger partial charge in [-0.1, -0.05) is 44.0 Å². The lowest BCUT2D eigenvalue weighted by Crippen LogP contribution is -2.25. The maximum absolute atomic E-state index is 11.4. The van der Waals surface area contributed by atoms with E-state index in [0.717, 1.165) is 17.6 Å². The molecule has 0 saturated carbocycles. The second-order valence-corrected chi connectivity index (χ2v) is 4.68. The number of carbonyl (C=O) groups is 1. The van der Waals surface area contributed by atoms with Gasteiger partial charge in [-0.25, -0.2) is 5.43 Å². The lowest BCUT2D eigenvalue weighted by atomic mass is 10.0. The van der Waals surface area contributed by atoms with Gasteiger partial charge in [-0.2, -0.15) is 0 Å². The van der Waals surface area contributed by atoms with E-state index >= 15 is 0 Å². The van der Waals surface area contributed by atoms with Gasteiger partial charge in [0.25, 0.3) is 5.91 Å². The first-order chi connectivity index (χ1) is 8.79. The minimum absolute atomic E-state index is 0.0259. The summed E-state index contributed by atoms with van der Waals surface area (Å²) < 4.78 is 0. The summed E-state index contributed by atoms with van der Waals surface area (Å²) in [4.78, 5) is 11.4. The molecule has 2 N–H and O–H groups in total. The van der Waals surface area contributed by atoms with Crippen LogP contribution in [0.2, 0.25) is 0 Å². The number of hydrogen-bond donors (Lipinski definition) is 2. The highest BCUT2D eigenvalue weighted by molar-refractivity contribution is 5.99. The van der Waals surface area contributed by atoms with Crippen LogP contribution in [0.5, 0.6) is 0 Å². The third-order valence-corrected chi connectivity index (χ3v) is 3.16. The number of hydrazine groups is 1. The molecular weight excluding hydrogens is 224 g/mol. The summed E-state index contributed by atoms with van der Waals surface area (Å²) in [7, 11) is 0. The maximum Gasteiger partial charge on any atom is 0.262 e. The molecule has 1 aromatic rings. The number of rotatable bonds is 5. The Kier molecular flexibility index (Phi) is 4.53. The van der Waals surface area contributed by atoms with E-state index < -0.39 is 0 Å². The van der Waals surface area contributed by atoms with Crippen LogP contribution in [0.25, 0.3) is 6.08 Å². The average molecular weight is 244 g/mol. The smallest absolute Gasteiger partial charge is 0.262 e. The van der Waals surface area contributed by atoms with Crippen LogP contribution in [0.4, 0.5) is 0 Å². The fourth-order valence-electron chi connectivity index (χ4n) is 2.06. The van der Waals surface area contributed by atoms with E-state index in [1.54, 1.807) is 0 Å². The van der Waals surface area contributed by atoms with Crippen LogP contribution in [-0.2, 0) is 11.2 Å². The van der Waals surface area contributed by atoms with E-state index in [1.807, 2.05) is 6.08 Å². The first kappa shape index (κ1) is 12.8. The fourth-order valence-corrected chi connectivity index (χ4v) is 2.06. The summed E-state index contributed by atoms with van der Waals surface area (Å²) in [5, 5.41) is 0. The van der Waals surface area contributed by atoms with E-state index in [1.165, 1.54) is 24.8 Å². The predicted molar refractivity (Wildman–Crippen MR) is 73.8 cm³/mol. The summed E-state index contributed by atoms with van der Waals surface area (Å²) in [6.07, 6.45) is 6.88. The highest BCUT2D eigenvalue weighted by Crippen LogP contribution is 2.12. The van der Waals surface area contributed by atoms with Crippen molar-refractivity contribution in [3.8, 4) is 0 Å². The molecule has 0 bridgehead atoms. The van der Waals surface area contributed by atoms with Gasteiger partial charge in [0.1, 0.15) is 0 Å². The molecule has 0 aromatic heterocycles. The molecule has 1 saturated heterocycles. The van der Waals surface area contributed by atoms with Crippen molar-refractivity contribution in [2.45, 2.75) is 32.6 Å². The molecule has 18 heavy (non-hydrogen) atoms. The first-order valence-electron chi connectivity index (χ1n) is 6.62. The third kappa shape index (κ3) is 3.44. The molecule has 0 unspecified atom stereocenters. The summed E-state index contributed by atoms with van der Waals surface area (Å²) in [6, 6.07) is 8.48. The zero-order valence-electron chi connectivity index (χ0n) is 10.8. The number of amides is 1. The van der Waals surface area contributed by atoms with Gasteiger partial charge in [0.2, 0.25) is 0 Å². The highest BCUT2D eigenvalue weighted by Gasteiger charge is 2.14. The predicted octanol–water partition coefficient (Wildman–Crippen LogP) is 2.44. The van der Waals surface area contributed by atoms with E-state index in [4.69, 9.17) is 0 Å². The van der Waals surface area contributed by atoms with E-state index in [0.29, 0.717) is 6.54 Å². The molecule has 1 aromatic carbocycles. The monoisotopic (exact) mass is 244 g/mol. The van der Waals surface area contributed by atoms with Crippen LogP contribution < -0.4 is 10.9 Å². The molecule has 0 spiro atoms. The number of aryl methyl sites for hydroxylation is 1. The Morgan fingerprint density at radius 1 is 1.22 bits per heavy atom. The van der Waals surface area contributed by atoms with Gasteiger partial charge in [-0.15, -0.1) is 0 Å². The fraction of sp³-hybridized carbons (Fsp3) is 0.400. The summed E-state index contributed by atoms with van der Waals surface area (Å²) in [5.41, 5.74) is 8.65. The molecule has 3 nitrogen and oxygen atoms in total. The van der Waals surface area contributed by atoms with Crippen molar-refractivity contribution in [1.82, 2.24) is 10.9 Å². The Bertz CT molecular complexity index is 434. The van der Waals surface area contributed by atoms with Gasteiger partial charge in [0, 0.05) is 12.1 Å². The van der Waals surface area contributed by atoms with Gasteiger partial charge in [0.15, 0.2) is 0 Å². The van der Waals surface area contributed by atoms with Crippen molar-refractivity contribution in [2.75, 3.05) is 6.54 Å². The van der Waals surface area contributed by atoms with Crippen molar-refractivity contribution in [2.24, 2.45) is 0 Å². The van der Waals surface area contributed by atoms with Gasteiger partial charge in [0.05, 0.1) is 0 Å². The first-order valence-corrected chi connectivity index (χ1v) is 6.62. The molecule has 1 amide bonds. The molecule has 2 rings (SSSR count). The molecule has 1 heterocycles. The van der Waals surface area contributed by atoms with E-state index in [9.17, 15) is 4.79 Å².